The normalized spacial score (nSPS) is 20.2. The van der Waals surface area contributed by atoms with Crippen molar-refractivity contribution in [2.24, 2.45) is 5.92 Å². The molecule has 1 amide bonds. The number of rotatable bonds is 4. The number of para-hydroxylation sites is 2. The summed E-state index contributed by atoms with van der Waals surface area (Å²) in [6.07, 6.45) is 4.57. The third-order valence-electron chi connectivity index (χ3n) is 6.63. The lowest BCUT2D eigenvalue weighted by atomic mass is 9.92. The summed E-state index contributed by atoms with van der Waals surface area (Å²) in [6, 6.07) is 15.5. The van der Waals surface area contributed by atoms with Crippen molar-refractivity contribution < 1.29 is 14.0 Å². The molecule has 5 rings (SSSR count). The zero-order chi connectivity index (χ0) is 21.2. The van der Waals surface area contributed by atoms with Gasteiger partial charge in [-0.15, -0.1) is 0 Å². The van der Waals surface area contributed by atoms with E-state index in [1.807, 2.05) is 53.4 Å². The number of fused-ring (bicyclic) bond motifs is 1. The van der Waals surface area contributed by atoms with Crippen LogP contribution in [0.25, 0.3) is 11.1 Å². The van der Waals surface area contributed by atoms with E-state index in [9.17, 15) is 9.59 Å². The highest BCUT2D eigenvalue weighted by molar-refractivity contribution is 5.79. The Balaban J connectivity index is 1.20. The fourth-order valence-corrected chi connectivity index (χ4v) is 4.85. The number of anilines is 1. The lowest BCUT2D eigenvalue weighted by molar-refractivity contribution is -0.137. The van der Waals surface area contributed by atoms with Crippen molar-refractivity contribution in [3.8, 4) is 0 Å². The van der Waals surface area contributed by atoms with Crippen molar-refractivity contribution in [3.05, 3.63) is 60.0 Å². The number of aldehydes is 1. The molecular weight excluding hydrogens is 390 g/mol. The topological polar surface area (TPSA) is 66.7 Å². The predicted octanol–water partition coefficient (Wildman–Crippen LogP) is 4.26. The number of piperidine rings is 2. The van der Waals surface area contributed by atoms with Gasteiger partial charge < -0.3 is 14.2 Å². The number of likely N-dealkylation sites (tertiary alicyclic amines) is 1. The molecule has 160 valence electrons. The van der Waals surface area contributed by atoms with Crippen molar-refractivity contribution in [1.29, 1.82) is 0 Å². The predicted molar refractivity (Wildman–Crippen MR) is 119 cm³/mol. The Labute approximate surface area is 181 Å². The van der Waals surface area contributed by atoms with Crippen LogP contribution >= 0.6 is 0 Å². The van der Waals surface area contributed by atoms with Crippen LogP contribution in [0, 0.1) is 5.92 Å². The standard InChI is InChI=1S/C25H27N3O3/c29-17-18-7-9-21(10-8-18)27-14-11-19(12-15-27)25(30)28-13-3-4-20(16-28)24-26-22-5-1-2-6-23(22)31-24/h1-2,5-10,17,19-20H,3-4,11-16H2/t20-/m0/s1. The van der Waals surface area contributed by atoms with E-state index >= 15 is 0 Å². The van der Waals surface area contributed by atoms with Gasteiger partial charge >= 0.3 is 0 Å². The van der Waals surface area contributed by atoms with Crippen LogP contribution in [-0.4, -0.2) is 48.3 Å². The van der Waals surface area contributed by atoms with Gasteiger partial charge in [0.15, 0.2) is 11.5 Å². The average Bonchev–Trinajstić information content (AvgIpc) is 3.28. The van der Waals surface area contributed by atoms with Gasteiger partial charge in [-0.25, -0.2) is 4.98 Å². The Kier molecular flexibility index (Phi) is 5.45. The molecule has 0 saturated carbocycles. The summed E-state index contributed by atoms with van der Waals surface area (Å²) in [6.45, 7) is 3.24. The van der Waals surface area contributed by atoms with Crippen molar-refractivity contribution in [2.75, 3.05) is 31.1 Å². The number of amides is 1. The van der Waals surface area contributed by atoms with Crippen molar-refractivity contribution >= 4 is 29.0 Å². The van der Waals surface area contributed by atoms with Gasteiger partial charge in [0, 0.05) is 43.3 Å². The molecule has 0 aliphatic carbocycles. The van der Waals surface area contributed by atoms with E-state index in [1.54, 1.807) is 0 Å². The Morgan fingerprint density at radius 1 is 1.00 bits per heavy atom. The molecule has 2 fully saturated rings. The Bertz CT molecular complexity index is 1030. The second-order valence-electron chi connectivity index (χ2n) is 8.61. The van der Waals surface area contributed by atoms with Crippen LogP contribution < -0.4 is 4.90 Å². The fourth-order valence-electron chi connectivity index (χ4n) is 4.85. The number of carbonyl (C=O) groups is 2. The molecule has 0 N–H and O–H groups in total. The van der Waals surface area contributed by atoms with Crippen molar-refractivity contribution in [2.45, 2.75) is 31.6 Å². The highest BCUT2D eigenvalue weighted by atomic mass is 16.3. The maximum absolute atomic E-state index is 13.2. The number of oxazole rings is 1. The van der Waals surface area contributed by atoms with Crippen LogP contribution in [-0.2, 0) is 4.79 Å². The molecule has 2 saturated heterocycles. The van der Waals surface area contributed by atoms with Gasteiger partial charge in [0.25, 0.3) is 0 Å². The molecule has 0 spiro atoms. The molecule has 1 atom stereocenters. The smallest absolute Gasteiger partial charge is 0.225 e. The molecule has 0 unspecified atom stereocenters. The monoisotopic (exact) mass is 417 g/mol. The molecule has 3 aromatic rings. The first-order valence-electron chi connectivity index (χ1n) is 11.2. The number of hydrogen-bond donors (Lipinski definition) is 0. The van der Waals surface area contributed by atoms with E-state index in [2.05, 4.69) is 9.88 Å². The first-order chi connectivity index (χ1) is 15.2. The Morgan fingerprint density at radius 3 is 2.52 bits per heavy atom. The Morgan fingerprint density at radius 2 is 1.77 bits per heavy atom. The van der Waals surface area contributed by atoms with Crippen LogP contribution in [0.3, 0.4) is 0 Å². The lowest BCUT2D eigenvalue weighted by Crippen LogP contribution is -2.46. The summed E-state index contributed by atoms with van der Waals surface area (Å²) in [5, 5.41) is 0. The van der Waals surface area contributed by atoms with Gasteiger partial charge in [0.2, 0.25) is 5.91 Å². The molecular formula is C25H27N3O3. The number of benzene rings is 2. The summed E-state index contributed by atoms with van der Waals surface area (Å²) in [5.74, 6) is 1.28. The zero-order valence-corrected chi connectivity index (χ0v) is 17.6. The molecule has 1 aromatic heterocycles. The molecule has 2 aromatic carbocycles. The third kappa shape index (κ3) is 4.07. The summed E-state index contributed by atoms with van der Waals surface area (Å²) in [4.78, 5) is 33.1. The molecule has 31 heavy (non-hydrogen) atoms. The van der Waals surface area contributed by atoms with Crippen LogP contribution in [0.4, 0.5) is 5.69 Å². The highest BCUT2D eigenvalue weighted by Gasteiger charge is 2.33. The van der Waals surface area contributed by atoms with E-state index in [0.29, 0.717) is 12.1 Å². The van der Waals surface area contributed by atoms with Crippen LogP contribution in [0.1, 0.15) is 47.8 Å². The van der Waals surface area contributed by atoms with Gasteiger partial charge in [0.05, 0.1) is 5.92 Å². The van der Waals surface area contributed by atoms with E-state index in [0.717, 1.165) is 74.3 Å². The zero-order valence-electron chi connectivity index (χ0n) is 17.6. The molecule has 6 heteroatoms. The summed E-state index contributed by atoms with van der Waals surface area (Å²) < 4.78 is 5.98. The summed E-state index contributed by atoms with van der Waals surface area (Å²) in [5.41, 5.74) is 3.50. The van der Waals surface area contributed by atoms with Crippen LogP contribution in [0.15, 0.2) is 52.9 Å². The van der Waals surface area contributed by atoms with Gasteiger partial charge in [-0.05, 0) is 62.1 Å². The molecule has 0 bridgehead atoms. The molecule has 0 radical (unpaired) electrons. The van der Waals surface area contributed by atoms with E-state index in [-0.39, 0.29) is 17.7 Å². The number of hydrogen-bond acceptors (Lipinski definition) is 5. The van der Waals surface area contributed by atoms with Crippen molar-refractivity contribution in [3.63, 3.8) is 0 Å². The highest BCUT2D eigenvalue weighted by Crippen LogP contribution is 2.31. The maximum atomic E-state index is 13.2. The fraction of sp³-hybridized carbons (Fsp3) is 0.400. The minimum atomic E-state index is 0.0767. The SMILES string of the molecule is O=Cc1ccc(N2CCC(C(=O)N3CCC[C@H](c4nc5ccccc5o4)C3)CC2)cc1. The molecule has 3 heterocycles. The number of carbonyl (C=O) groups excluding carboxylic acids is 2. The minimum Gasteiger partial charge on any atom is -0.440 e. The maximum Gasteiger partial charge on any atom is 0.225 e. The lowest BCUT2D eigenvalue weighted by Gasteiger charge is -2.38. The van der Waals surface area contributed by atoms with Gasteiger partial charge in [0.1, 0.15) is 11.8 Å². The van der Waals surface area contributed by atoms with E-state index < -0.39 is 0 Å². The summed E-state index contributed by atoms with van der Waals surface area (Å²) >= 11 is 0. The van der Waals surface area contributed by atoms with Crippen molar-refractivity contribution in [1.82, 2.24) is 9.88 Å². The molecule has 2 aliphatic rings. The van der Waals surface area contributed by atoms with Gasteiger partial charge in [-0.1, -0.05) is 12.1 Å². The van der Waals surface area contributed by atoms with Gasteiger partial charge in [-0.3, -0.25) is 9.59 Å². The second-order valence-corrected chi connectivity index (χ2v) is 8.61. The minimum absolute atomic E-state index is 0.0767. The Hall–Kier alpha value is -3.15. The number of aromatic nitrogens is 1. The quantitative estimate of drug-likeness (QED) is 0.594. The van der Waals surface area contributed by atoms with Crippen LogP contribution in [0.2, 0.25) is 0 Å². The third-order valence-corrected chi connectivity index (χ3v) is 6.63. The summed E-state index contributed by atoms with van der Waals surface area (Å²) in [7, 11) is 0. The second kappa shape index (κ2) is 8.53. The number of nitrogens with zero attached hydrogens (tertiary/aromatic N) is 3. The first-order valence-corrected chi connectivity index (χ1v) is 11.2. The van der Waals surface area contributed by atoms with E-state index in [1.165, 1.54) is 0 Å². The molecule has 6 nitrogen and oxygen atoms in total. The van der Waals surface area contributed by atoms with Crippen LogP contribution in [0.5, 0.6) is 0 Å². The molecule has 2 aliphatic heterocycles. The average molecular weight is 418 g/mol. The largest absolute Gasteiger partial charge is 0.440 e. The van der Waals surface area contributed by atoms with E-state index in [4.69, 9.17) is 4.42 Å². The first kappa shape index (κ1) is 19.8. The van der Waals surface area contributed by atoms with Gasteiger partial charge in [-0.2, -0.15) is 0 Å².